The molecule has 11 heteroatoms. The molecule has 0 unspecified atom stereocenters. The highest BCUT2D eigenvalue weighted by Crippen LogP contribution is 2.42. The summed E-state index contributed by atoms with van der Waals surface area (Å²) in [5.74, 6) is -3.14. The molecule has 3 aromatic rings. The molecule has 0 spiro atoms. The van der Waals surface area contributed by atoms with Gasteiger partial charge in [0.15, 0.2) is 11.5 Å². The number of phenolic OH excluding ortho intramolecular Hbond substituents is 1. The number of rotatable bonds is 13. The van der Waals surface area contributed by atoms with Crippen LogP contribution in [-0.2, 0) is 22.4 Å². The van der Waals surface area contributed by atoms with Crippen LogP contribution in [0.1, 0.15) is 31.8 Å². The third-order valence-corrected chi connectivity index (χ3v) is 6.73. The summed E-state index contributed by atoms with van der Waals surface area (Å²) in [6, 6.07) is 16.0. The van der Waals surface area contributed by atoms with Crippen molar-refractivity contribution in [2.75, 3.05) is 40.8 Å². The molecule has 0 bridgehead atoms. The van der Waals surface area contributed by atoms with E-state index in [0.29, 0.717) is 6.54 Å². The smallest absolute Gasteiger partial charge is 0.343 e. The number of carbonyl (C=O) groups is 3. The van der Waals surface area contributed by atoms with E-state index in [1.54, 1.807) is 24.3 Å². The predicted molar refractivity (Wildman–Crippen MR) is 158 cm³/mol. The first-order valence-corrected chi connectivity index (χ1v) is 13.7. The average molecular weight is 603 g/mol. The van der Waals surface area contributed by atoms with E-state index in [2.05, 4.69) is 10.6 Å². The van der Waals surface area contributed by atoms with Gasteiger partial charge in [-0.1, -0.05) is 65.7 Å². The molecular formula is C30H33Cl2N3O6. The first-order chi connectivity index (χ1) is 19.6. The first-order valence-electron chi connectivity index (χ1n) is 12.9. The van der Waals surface area contributed by atoms with Gasteiger partial charge in [0.25, 0.3) is 5.91 Å². The standard InChI is InChI=1S/C30H33Cl2N3O6/c1-33-14-13-19-9-11-21(12-10-19)29(38)41-27-23(31)18-22(26(36)25(27)32)28(37)34-24(17-20-7-5-4-6-8-20)30(39)40-16-15-35(2)3/h4-12,18,24,33,36H,13-17H2,1-3H3,(H,34,37)/t24-/m0/s1. The zero-order valence-corrected chi connectivity index (χ0v) is 24.6. The summed E-state index contributed by atoms with van der Waals surface area (Å²) in [6.07, 6.45) is 0.944. The number of likely N-dealkylation sites (N-methyl/N-ethyl adjacent to an activating group) is 2. The number of phenols is 1. The number of nitrogens with zero attached hydrogens (tertiary/aromatic N) is 1. The topological polar surface area (TPSA) is 117 Å². The van der Waals surface area contributed by atoms with Gasteiger partial charge in [0.05, 0.1) is 16.1 Å². The minimum atomic E-state index is -1.06. The molecule has 0 aromatic heterocycles. The van der Waals surface area contributed by atoms with Crippen molar-refractivity contribution in [3.8, 4) is 11.5 Å². The van der Waals surface area contributed by atoms with Gasteiger partial charge in [0, 0.05) is 13.0 Å². The van der Waals surface area contributed by atoms with Crippen LogP contribution in [0.15, 0.2) is 60.7 Å². The lowest BCUT2D eigenvalue weighted by Crippen LogP contribution is -2.44. The third kappa shape index (κ3) is 9.19. The van der Waals surface area contributed by atoms with Crippen molar-refractivity contribution in [2.45, 2.75) is 18.9 Å². The molecule has 0 radical (unpaired) electrons. The molecule has 9 nitrogen and oxygen atoms in total. The SMILES string of the molecule is CNCCc1ccc(C(=O)Oc2c(Cl)cc(C(=O)N[C@@H](Cc3ccccc3)C(=O)OCCN(C)C)c(O)c2Cl)cc1. The molecule has 1 amide bonds. The number of halogens is 2. The van der Waals surface area contributed by atoms with Crippen molar-refractivity contribution in [3.63, 3.8) is 0 Å². The average Bonchev–Trinajstić information content (AvgIpc) is 2.96. The van der Waals surface area contributed by atoms with Crippen LogP contribution in [0.2, 0.25) is 10.0 Å². The summed E-state index contributed by atoms with van der Waals surface area (Å²) >= 11 is 12.6. The Hall–Kier alpha value is -3.63. The number of aromatic hydroxyl groups is 1. The van der Waals surface area contributed by atoms with Gasteiger partial charge in [0.2, 0.25) is 0 Å². The highest BCUT2D eigenvalue weighted by Gasteiger charge is 2.28. The van der Waals surface area contributed by atoms with E-state index in [9.17, 15) is 19.5 Å². The molecule has 0 aliphatic rings. The summed E-state index contributed by atoms with van der Waals surface area (Å²) in [6.45, 7) is 1.43. The fourth-order valence-corrected chi connectivity index (χ4v) is 4.33. The van der Waals surface area contributed by atoms with E-state index in [1.165, 1.54) is 0 Å². The number of esters is 2. The monoisotopic (exact) mass is 601 g/mol. The van der Waals surface area contributed by atoms with Crippen LogP contribution in [0, 0.1) is 0 Å². The molecule has 41 heavy (non-hydrogen) atoms. The van der Waals surface area contributed by atoms with Gasteiger partial charge in [-0.05, 0) is 63.4 Å². The molecular weight excluding hydrogens is 569 g/mol. The molecule has 0 aliphatic carbocycles. The van der Waals surface area contributed by atoms with Crippen LogP contribution in [-0.4, -0.2) is 74.7 Å². The Kier molecular flexibility index (Phi) is 12.0. The highest BCUT2D eigenvalue weighted by atomic mass is 35.5. The Labute approximate surface area is 249 Å². The van der Waals surface area contributed by atoms with Gasteiger partial charge in [-0.25, -0.2) is 9.59 Å². The maximum absolute atomic E-state index is 13.2. The fraction of sp³-hybridized carbons (Fsp3) is 0.300. The minimum absolute atomic E-state index is 0.134. The van der Waals surface area contributed by atoms with Crippen LogP contribution in [0.3, 0.4) is 0 Å². The highest BCUT2D eigenvalue weighted by molar-refractivity contribution is 6.39. The molecule has 0 saturated heterocycles. The summed E-state index contributed by atoms with van der Waals surface area (Å²) in [5.41, 5.74) is 1.78. The quantitative estimate of drug-likeness (QED) is 0.198. The van der Waals surface area contributed by atoms with Crippen LogP contribution < -0.4 is 15.4 Å². The van der Waals surface area contributed by atoms with Gasteiger partial charge in [-0.3, -0.25) is 4.79 Å². The molecule has 1 atom stereocenters. The number of benzene rings is 3. The van der Waals surface area contributed by atoms with Crippen LogP contribution in [0.25, 0.3) is 0 Å². The van der Waals surface area contributed by atoms with E-state index < -0.39 is 34.7 Å². The van der Waals surface area contributed by atoms with Crippen molar-refractivity contribution in [1.82, 2.24) is 15.5 Å². The Bertz CT molecular complexity index is 1350. The van der Waals surface area contributed by atoms with Gasteiger partial charge in [0.1, 0.15) is 17.7 Å². The molecule has 218 valence electrons. The number of hydrogen-bond acceptors (Lipinski definition) is 8. The van der Waals surface area contributed by atoms with Crippen LogP contribution in [0.4, 0.5) is 0 Å². The van der Waals surface area contributed by atoms with E-state index >= 15 is 0 Å². The maximum atomic E-state index is 13.2. The molecule has 0 aliphatic heterocycles. The second-order valence-corrected chi connectivity index (χ2v) is 10.3. The third-order valence-electron chi connectivity index (χ3n) is 6.10. The normalized spacial score (nSPS) is 11.7. The summed E-state index contributed by atoms with van der Waals surface area (Å²) in [5, 5.41) is 15.8. The largest absolute Gasteiger partial charge is 0.505 e. The van der Waals surface area contributed by atoms with Crippen molar-refractivity contribution in [2.24, 2.45) is 0 Å². The molecule has 0 heterocycles. The number of hydrogen-bond donors (Lipinski definition) is 3. The Morgan fingerprint density at radius 2 is 1.68 bits per heavy atom. The van der Waals surface area contributed by atoms with Gasteiger partial charge in [-0.2, -0.15) is 0 Å². The second kappa shape index (κ2) is 15.4. The van der Waals surface area contributed by atoms with E-state index in [-0.39, 0.29) is 34.9 Å². The molecule has 0 fully saturated rings. The lowest BCUT2D eigenvalue weighted by atomic mass is 10.1. The van der Waals surface area contributed by atoms with Crippen molar-refractivity contribution in [3.05, 3.63) is 93.0 Å². The van der Waals surface area contributed by atoms with Crippen molar-refractivity contribution >= 4 is 41.0 Å². The first kappa shape index (κ1) is 31.9. The number of nitrogens with one attached hydrogen (secondary N) is 2. The summed E-state index contributed by atoms with van der Waals surface area (Å²) in [4.78, 5) is 40.7. The lowest BCUT2D eigenvalue weighted by molar-refractivity contribution is -0.146. The zero-order chi connectivity index (χ0) is 29.9. The van der Waals surface area contributed by atoms with E-state index in [1.807, 2.05) is 56.4 Å². The summed E-state index contributed by atoms with van der Waals surface area (Å²) in [7, 11) is 5.54. The van der Waals surface area contributed by atoms with Crippen LogP contribution >= 0.6 is 23.2 Å². The Morgan fingerprint density at radius 1 is 1.00 bits per heavy atom. The lowest BCUT2D eigenvalue weighted by Gasteiger charge is -2.20. The minimum Gasteiger partial charge on any atom is -0.505 e. The van der Waals surface area contributed by atoms with Gasteiger partial charge < -0.3 is 30.1 Å². The summed E-state index contributed by atoms with van der Waals surface area (Å²) < 4.78 is 10.7. The number of amides is 1. The van der Waals surface area contributed by atoms with Gasteiger partial charge >= 0.3 is 11.9 Å². The Morgan fingerprint density at radius 3 is 2.32 bits per heavy atom. The van der Waals surface area contributed by atoms with E-state index in [4.69, 9.17) is 32.7 Å². The molecule has 3 aromatic carbocycles. The number of carbonyl (C=O) groups excluding carboxylic acids is 3. The maximum Gasteiger partial charge on any atom is 0.343 e. The van der Waals surface area contributed by atoms with Crippen molar-refractivity contribution < 1.29 is 29.0 Å². The van der Waals surface area contributed by atoms with E-state index in [0.717, 1.165) is 30.2 Å². The fourth-order valence-electron chi connectivity index (χ4n) is 3.79. The predicted octanol–water partition coefficient (Wildman–Crippen LogP) is 4.13. The number of ether oxygens (including phenoxy) is 2. The van der Waals surface area contributed by atoms with Crippen molar-refractivity contribution in [1.29, 1.82) is 0 Å². The Balaban J connectivity index is 1.78. The zero-order valence-electron chi connectivity index (χ0n) is 23.1. The molecule has 3 N–H and O–H groups in total. The van der Waals surface area contributed by atoms with Crippen LogP contribution in [0.5, 0.6) is 11.5 Å². The second-order valence-electron chi connectivity index (χ2n) is 9.52. The molecule has 3 rings (SSSR count). The molecule has 0 saturated carbocycles. The van der Waals surface area contributed by atoms with Gasteiger partial charge in [-0.15, -0.1) is 0 Å².